The van der Waals surface area contributed by atoms with E-state index in [1.165, 1.54) is 19.3 Å². The SMILES string of the molecule is Cc1cc(NC(=O)N2C[C@@H]3CCC[C@]3(C)C2)n[nH]1. The van der Waals surface area contributed by atoms with Crippen LogP contribution in [0.5, 0.6) is 0 Å². The maximum atomic E-state index is 12.2. The molecule has 2 heterocycles. The molecule has 1 saturated heterocycles. The van der Waals surface area contributed by atoms with E-state index < -0.39 is 0 Å². The summed E-state index contributed by atoms with van der Waals surface area (Å²) in [7, 11) is 0. The van der Waals surface area contributed by atoms with Crippen LogP contribution in [0.1, 0.15) is 31.9 Å². The van der Waals surface area contributed by atoms with Crippen LogP contribution in [0.25, 0.3) is 0 Å². The van der Waals surface area contributed by atoms with E-state index in [1.807, 2.05) is 17.9 Å². The van der Waals surface area contributed by atoms with Crippen molar-refractivity contribution in [3.05, 3.63) is 11.8 Å². The van der Waals surface area contributed by atoms with Gasteiger partial charge in [0.2, 0.25) is 0 Å². The number of amides is 2. The number of aromatic amines is 1. The Morgan fingerprint density at radius 1 is 1.67 bits per heavy atom. The minimum atomic E-state index is -0.0166. The molecule has 3 rings (SSSR count). The van der Waals surface area contributed by atoms with Gasteiger partial charge in [0.05, 0.1) is 0 Å². The van der Waals surface area contributed by atoms with Crippen molar-refractivity contribution >= 4 is 11.8 Å². The van der Waals surface area contributed by atoms with Crippen molar-refractivity contribution in [2.45, 2.75) is 33.1 Å². The Balaban J connectivity index is 1.64. The zero-order valence-corrected chi connectivity index (χ0v) is 11.0. The standard InChI is InChI=1S/C13H20N4O/c1-9-6-11(16-15-9)14-12(18)17-7-10-4-3-5-13(10,2)8-17/h6,10H,3-5,7-8H2,1-2H3,(H2,14,15,16,18)/t10-,13+/m0/s1. The van der Waals surface area contributed by atoms with Crippen LogP contribution in [0.2, 0.25) is 0 Å². The number of aryl methyl sites for hydroxylation is 1. The molecule has 0 aromatic carbocycles. The molecule has 98 valence electrons. The topological polar surface area (TPSA) is 61.0 Å². The molecular weight excluding hydrogens is 228 g/mol. The van der Waals surface area contributed by atoms with Crippen molar-refractivity contribution in [2.24, 2.45) is 11.3 Å². The summed E-state index contributed by atoms with van der Waals surface area (Å²) in [6, 6.07) is 1.83. The number of rotatable bonds is 1. The molecule has 18 heavy (non-hydrogen) atoms. The second-order valence-electron chi connectivity index (χ2n) is 5.99. The van der Waals surface area contributed by atoms with Crippen molar-refractivity contribution in [3.8, 4) is 0 Å². The Hall–Kier alpha value is -1.52. The van der Waals surface area contributed by atoms with E-state index in [-0.39, 0.29) is 6.03 Å². The third-order valence-electron chi connectivity index (χ3n) is 4.51. The maximum Gasteiger partial charge on any atom is 0.323 e. The lowest BCUT2D eigenvalue weighted by Crippen LogP contribution is -2.34. The number of hydrogen-bond donors (Lipinski definition) is 2. The number of carbonyl (C=O) groups excluding carboxylic acids is 1. The Labute approximate surface area is 107 Å². The third-order valence-corrected chi connectivity index (χ3v) is 4.51. The molecule has 2 fully saturated rings. The van der Waals surface area contributed by atoms with Gasteiger partial charge in [0.1, 0.15) is 0 Å². The van der Waals surface area contributed by atoms with Crippen LogP contribution in [-0.2, 0) is 0 Å². The van der Waals surface area contributed by atoms with Crippen LogP contribution >= 0.6 is 0 Å². The normalized spacial score (nSPS) is 30.6. The molecule has 2 atom stereocenters. The molecule has 1 aliphatic carbocycles. The molecule has 5 heteroatoms. The molecule has 2 aliphatic rings. The lowest BCUT2D eigenvalue weighted by Gasteiger charge is -2.22. The van der Waals surface area contributed by atoms with Gasteiger partial charge >= 0.3 is 6.03 Å². The van der Waals surface area contributed by atoms with Gasteiger partial charge in [0, 0.05) is 24.8 Å². The van der Waals surface area contributed by atoms with E-state index in [2.05, 4.69) is 22.4 Å². The average molecular weight is 248 g/mol. The molecule has 0 bridgehead atoms. The highest BCUT2D eigenvalue weighted by atomic mass is 16.2. The second-order valence-corrected chi connectivity index (χ2v) is 5.99. The largest absolute Gasteiger partial charge is 0.324 e. The lowest BCUT2D eigenvalue weighted by molar-refractivity contribution is 0.214. The number of anilines is 1. The van der Waals surface area contributed by atoms with Crippen molar-refractivity contribution in [1.29, 1.82) is 0 Å². The smallest absolute Gasteiger partial charge is 0.323 e. The third kappa shape index (κ3) is 1.87. The van der Waals surface area contributed by atoms with Crippen LogP contribution < -0.4 is 5.32 Å². The first-order valence-electron chi connectivity index (χ1n) is 6.65. The number of likely N-dealkylation sites (tertiary alicyclic amines) is 1. The average Bonchev–Trinajstić information content (AvgIpc) is 2.92. The van der Waals surface area contributed by atoms with Crippen molar-refractivity contribution in [1.82, 2.24) is 15.1 Å². The number of H-pyrrole nitrogens is 1. The molecule has 1 aliphatic heterocycles. The first-order chi connectivity index (χ1) is 8.57. The van der Waals surface area contributed by atoms with Crippen molar-refractivity contribution in [3.63, 3.8) is 0 Å². The van der Waals surface area contributed by atoms with E-state index in [0.29, 0.717) is 17.2 Å². The fourth-order valence-electron chi connectivity index (χ4n) is 3.42. The van der Waals surface area contributed by atoms with Crippen molar-refractivity contribution in [2.75, 3.05) is 18.4 Å². The monoisotopic (exact) mass is 248 g/mol. The van der Waals surface area contributed by atoms with Gasteiger partial charge < -0.3 is 4.90 Å². The Morgan fingerprint density at radius 3 is 3.17 bits per heavy atom. The number of urea groups is 1. The molecule has 0 radical (unpaired) electrons. The predicted octanol–water partition coefficient (Wildman–Crippen LogP) is 2.37. The summed E-state index contributed by atoms with van der Waals surface area (Å²) in [6.45, 7) is 6.01. The molecule has 2 N–H and O–H groups in total. The minimum Gasteiger partial charge on any atom is -0.324 e. The molecular formula is C13H20N4O. The highest BCUT2D eigenvalue weighted by Crippen LogP contribution is 2.48. The van der Waals surface area contributed by atoms with E-state index in [0.717, 1.165) is 18.8 Å². The molecule has 1 aromatic rings. The predicted molar refractivity (Wildman–Crippen MR) is 69.4 cm³/mol. The van der Waals surface area contributed by atoms with E-state index in [4.69, 9.17) is 0 Å². The number of nitrogens with one attached hydrogen (secondary N) is 2. The van der Waals surface area contributed by atoms with Gasteiger partial charge in [-0.05, 0) is 31.1 Å². The summed E-state index contributed by atoms with van der Waals surface area (Å²) in [6.07, 6.45) is 3.83. The highest BCUT2D eigenvalue weighted by molar-refractivity contribution is 5.88. The molecule has 0 unspecified atom stereocenters. The van der Waals surface area contributed by atoms with Gasteiger partial charge in [-0.1, -0.05) is 13.3 Å². The molecule has 5 nitrogen and oxygen atoms in total. The number of fused-ring (bicyclic) bond motifs is 1. The molecule has 1 aromatic heterocycles. The highest BCUT2D eigenvalue weighted by Gasteiger charge is 2.47. The summed E-state index contributed by atoms with van der Waals surface area (Å²) in [5, 5.41) is 9.72. The Bertz CT molecular complexity index is 469. The summed E-state index contributed by atoms with van der Waals surface area (Å²) < 4.78 is 0. The van der Waals surface area contributed by atoms with Crippen molar-refractivity contribution < 1.29 is 4.79 Å². The van der Waals surface area contributed by atoms with Gasteiger partial charge in [-0.25, -0.2) is 4.79 Å². The van der Waals surface area contributed by atoms with E-state index >= 15 is 0 Å². The Kier molecular flexibility index (Phi) is 2.57. The van der Waals surface area contributed by atoms with Gasteiger partial charge in [-0.15, -0.1) is 0 Å². The maximum absolute atomic E-state index is 12.2. The quantitative estimate of drug-likeness (QED) is 0.801. The van der Waals surface area contributed by atoms with Gasteiger partial charge in [0.25, 0.3) is 0 Å². The van der Waals surface area contributed by atoms with E-state index in [9.17, 15) is 4.79 Å². The van der Waals surface area contributed by atoms with Gasteiger partial charge in [-0.2, -0.15) is 5.10 Å². The summed E-state index contributed by atoms with van der Waals surface area (Å²) >= 11 is 0. The first-order valence-corrected chi connectivity index (χ1v) is 6.65. The van der Waals surface area contributed by atoms with Crippen LogP contribution in [0.15, 0.2) is 6.07 Å². The number of carbonyl (C=O) groups is 1. The summed E-state index contributed by atoms with van der Waals surface area (Å²) in [5.74, 6) is 1.30. The first kappa shape index (κ1) is 11.6. The number of nitrogens with zero attached hydrogens (tertiary/aromatic N) is 2. The molecule has 0 spiro atoms. The fourth-order valence-corrected chi connectivity index (χ4v) is 3.42. The second kappa shape index (κ2) is 4.00. The molecule has 2 amide bonds. The van der Waals surface area contributed by atoms with Crippen LogP contribution in [0.3, 0.4) is 0 Å². The Morgan fingerprint density at radius 2 is 2.50 bits per heavy atom. The zero-order chi connectivity index (χ0) is 12.8. The van der Waals surface area contributed by atoms with Crippen LogP contribution in [0.4, 0.5) is 10.6 Å². The molecule has 1 saturated carbocycles. The fraction of sp³-hybridized carbons (Fsp3) is 0.692. The van der Waals surface area contributed by atoms with Gasteiger partial charge in [0.15, 0.2) is 5.82 Å². The zero-order valence-electron chi connectivity index (χ0n) is 11.0. The summed E-state index contributed by atoms with van der Waals surface area (Å²) in [4.78, 5) is 14.1. The van der Waals surface area contributed by atoms with E-state index in [1.54, 1.807) is 0 Å². The number of hydrogen-bond acceptors (Lipinski definition) is 2. The lowest BCUT2D eigenvalue weighted by atomic mass is 9.83. The number of aromatic nitrogens is 2. The van der Waals surface area contributed by atoms with Crippen LogP contribution in [-0.4, -0.2) is 34.2 Å². The van der Waals surface area contributed by atoms with Gasteiger partial charge in [-0.3, -0.25) is 10.4 Å². The summed E-state index contributed by atoms with van der Waals surface area (Å²) in [5.41, 5.74) is 1.30. The van der Waals surface area contributed by atoms with Crippen LogP contribution in [0, 0.1) is 18.3 Å². The minimum absolute atomic E-state index is 0.0166.